The van der Waals surface area contributed by atoms with Gasteiger partial charge in [0.2, 0.25) is 11.9 Å². The van der Waals surface area contributed by atoms with E-state index in [0.717, 1.165) is 32.0 Å². The average Bonchev–Trinajstić information content (AvgIpc) is 2.51. The van der Waals surface area contributed by atoms with Crippen LogP contribution in [0.15, 0.2) is 0 Å². The summed E-state index contributed by atoms with van der Waals surface area (Å²) in [6.45, 7) is 9.85. The van der Waals surface area contributed by atoms with E-state index in [1.807, 2.05) is 0 Å². The molecule has 2 rings (SSSR count). The Bertz CT molecular complexity index is 432. The summed E-state index contributed by atoms with van der Waals surface area (Å²) in [5.41, 5.74) is 0. The molecule has 0 amide bonds. The van der Waals surface area contributed by atoms with E-state index < -0.39 is 0 Å². The first-order valence-electron chi connectivity index (χ1n) is 8.06. The van der Waals surface area contributed by atoms with Crippen molar-refractivity contribution in [2.75, 3.05) is 36.5 Å². The highest BCUT2D eigenvalue weighted by molar-refractivity contribution is 5.38. The topological polar surface area (TPSA) is 63.2 Å². The van der Waals surface area contributed by atoms with Gasteiger partial charge in [-0.05, 0) is 31.6 Å². The van der Waals surface area contributed by atoms with E-state index in [4.69, 9.17) is 4.74 Å². The Hall–Kier alpha value is -1.59. The molecule has 0 aromatic carbocycles. The normalized spacial score (nSPS) is 15.3. The minimum atomic E-state index is 0.429. The largest absolute Gasteiger partial charge is 0.463 e. The Labute approximate surface area is 127 Å². The first-order valence-corrected chi connectivity index (χ1v) is 8.06. The molecule has 0 saturated carbocycles. The number of aromatic nitrogens is 3. The number of piperidine rings is 1. The second-order valence-corrected chi connectivity index (χ2v) is 5.92. The van der Waals surface area contributed by atoms with Crippen LogP contribution in [0.2, 0.25) is 0 Å². The van der Waals surface area contributed by atoms with Gasteiger partial charge >= 0.3 is 6.01 Å². The molecule has 1 fully saturated rings. The second-order valence-electron chi connectivity index (χ2n) is 5.92. The second kappa shape index (κ2) is 8.00. The number of nitrogens with zero attached hydrogens (tertiary/aromatic N) is 4. The molecular weight excluding hydrogens is 266 g/mol. The van der Waals surface area contributed by atoms with Gasteiger partial charge in [-0.2, -0.15) is 15.0 Å². The Morgan fingerprint density at radius 2 is 1.90 bits per heavy atom. The van der Waals surface area contributed by atoms with E-state index in [2.05, 4.69) is 45.9 Å². The average molecular weight is 293 g/mol. The Balaban J connectivity index is 2.14. The summed E-state index contributed by atoms with van der Waals surface area (Å²) in [7, 11) is 0. The van der Waals surface area contributed by atoms with Crippen LogP contribution in [0.4, 0.5) is 11.9 Å². The third-order valence-electron chi connectivity index (χ3n) is 3.32. The summed E-state index contributed by atoms with van der Waals surface area (Å²) in [5, 5.41) is 3.23. The molecule has 0 aliphatic carbocycles. The van der Waals surface area contributed by atoms with Crippen molar-refractivity contribution in [3.63, 3.8) is 0 Å². The van der Waals surface area contributed by atoms with Crippen LogP contribution in [-0.4, -0.2) is 41.2 Å². The van der Waals surface area contributed by atoms with Gasteiger partial charge in [-0.1, -0.05) is 20.8 Å². The molecular formula is C15H27N5O. The molecule has 0 bridgehead atoms. The van der Waals surface area contributed by atoms with Gasteiger partial charge in [0.25, 0.3) is 0 Å². The lowest BCUT2D eigenvalue weighted by molar-refractivity contribution is 0.250. The maximum Gasteiger partial charge on any atom is 0.323 e. The molecule has 2 heterocycles. The highest BCUT2D eigenvalue weighted by atomic mass is 16.5. The molecule has 6 nitrogen and oxygen atoms in total. The number of hydrogen-bond donors (Lipinski definition) is 1. The molecule has 0 atom stereocenters. The molecule has 0 unspecified atom stereocenters. The van der Waals surface area contributed by atoms with Crippen LogP contribution in [0.5, 0.6) is 6.01 Å². The highest BCUT2D eigenvalue weighted by Crippen LogP contribution is 2.19. The number of anilines is 2. The molecule has 118 valence electrons. The van der Waals surface area contributed by atoms with E-state index in [0.29, 0.717) is 24.5 Å². The lowest BCUT2D eigenvalue weighted by Gasteiger charge is -2.26. The SMILES string of the molecule is CCCNc1nc(OCC(C)C)nc(N2CCCCC2)n1. The molecule has 1 aliphatic heterocycles. The van der Waals surface area contributed by atoms with Crippen molar-refractivity contribution in [2.45, 2.75) is 46.5 Å². The van der Waals surface area contributed by atoms with Gasteiger partial charge in [-0.15, -0.1) is 0 Å². The summed E-state index contributed by atoms with van der Waals surface area (Å²) in [4.78, 5) is 15.6. The van der Waals surface area contributed by atoms with Crippen molar-refractivity contribution in [2.24, 2.45) is 5.92 Å². The molecule has 1 aromatic heterocycles. The lowest BCUT2D eigenvalue weighted by atomic mass is 10.1. The fraction of sp³-hybridized carbons (Fsp3) is 0.800. The predicted molar refractivity (Wildman–Crippen MR) is 85.0 cm³/mol. The maximum absolute atomic E-state index is 5.69. The summed E-state index contributed by atoms with van der Waals surface area (Å²) in [6, 6.07) is 0.429. The van der Waals surface area contributed by atoms with Gasteiger partial charge in [-0.3, -0.25) is 0 Å². The lowest BCUT2D eigenvalue weighted by Crippen LogP contribution is -2.31. The van der Waals surface area contributed by atoms with Crippen LogP contribution in [0.3, 0.4) is 0 Å². The molecule has 21 heavy (non-hydrogen) atoms. The van der Waals surface area contributed by atoms with Crippen molar-refractivity contribution < 1.29 is 4.74 Å². The van der Waals surface area contributed by atoms with Crippen LogP contribution in [-0.2, 0) is 0 Å². The van der Waals surface area contributed by atoms with E-state index in [1.54, 1.807) is 0 Å². The van der Waals surface area contributed by atoms with Gasteiger partial charge in [0, 0.05) is 19.6 Å². The molecule has 1 aliphatic rings. The summed E-state index contributed by atoms with van der Waals surface area (Å²) in [5.74, 6) is 1.81. The minimum absolute atomic E-state index is 0.429. The number of ether oxygens (including phenoxy) is 1. The van der Waals surface area contributed by atoms with Crippen LogP contribution in [0, 0.1) is 5.92 Å². The highest BCUT2D eigenvalue weighted by Gasteiger charge is 2.16. The molecule has 0 radical (unpaired) electrons. The van der Waals surface area contributed by atoms with Crippen molar-refractivity contribution in [3.8, 4) is 6.01 Å². The van der Waals surface area contributed by atoms with Gasteiger partial charge in [0.05, 0.1) is 6.61 Å². The Kier molecular flexibility index (Phi) is 6.02. The van der Waals surface area contributed by atoms with Crippen molar-refractivity contribution in [1.29, 1.82) is 0 Å². The van der Waals surface area contributed by atoms with Gasteiger partial charge in [0.1, 0.15) is 0 Å². The summed E-state index contributed by atoms with van der Waals surface area (Å²) >= 11 is 0. The molecule has 1 saturated heterocycles. The molecule has 0 spiro atoms. The van der Waals surface area contributed by atoms with Crippen LogP contribution in [0.25, 0.3) is 0 Å². The fourth-order valence-electron chi connectivity index (χ4n) is 2.20. The van der Waals surface area contributed by atoms with Crippen molar-refractivity contribution >= 4 is 11.9 Å². The van der Waals surface area contributed by atoms with Gasteiger partial charge < -0.3 is 15.0 Å². The van der Waals surface area contributed by atoms with Crippen molar-refractivity contribution in [3.05, 3.63) is 0 Å². The van der Waals surface area contributed by atoms with E-state index in [1.165, 1.54) is 19.3 Å². The molecule has 1 aromatic rings. The first kappa shape index (κ1) is 15.8. The monoisotopic (exact) mass is 293 g/mol. The fourth-order valence-corrected chi connectivity index (χ4v) is 2.20. The smallest absolute Gasteiger partial charge is 0.323 e. The molecule has 1 N–H and O–H groups in total. The third kappa shape index (κ3) is 5.02. The van der Waals surface area contributed by atoms with Crippen molar-refractivity contribution in [1.82, 2.24) is 15.0 Å². The molecule has 6 heteroatoms. The Morgan fingerprint density at radius 3 is 2.57 bits per heavy atom. The van der Waals surface area contributed by atoms with Crippen LogP contribution < -0.4 is 15.0 Å². The Morgan fingerprint density at radius 1 is 1.14 bits per heavy atom. The number of hydrogen-bond acceptors (Lipinski definition) is 6. The van der Waals surface area contributed by atoms with Gasteiger partial charge in [-0.25, -0.2) is 0 Å². The van der Waals surface area contributed by atoms with Crippen LogP contribution in [0.1, 0.15) is 46.5 Å². The quantitative estimate of drug-likeness (QED) is 0.834. The summed E-state index contributed by atoms with van der Waals surface area (Å²) < 4.78 is 5.69. The minimum Gasteiger partial charge on any atom is -0.463 e. The predicted octanol–water partition coefficient (Wildman–Crippen LogP) is 2.72. The zero-order chi connectivity index (χ0) is 15.1. The summed E-state index contributed by atoms with van der Waals surface area (Å²) in [6.07, 6.45) is 4.73. The first-order chi connectivity index (χ1) is 10.2. The number of nitrogens with one attached hydrogen (secondary N) is 1. The standard InChI is InChI=1S/C15H27N5O/c1-4-8-16-13-17-14(20-9-6-5-7-10-20)19-15(18-13)21-11-12(2)3/h12H,4-11H2,1-3H3,(H,16,17,18,19). The zero-order valence-electron chi connectivity index (χ0n) is 13.4. The van der Waals surface area contributed by atoms with E-state index in [9.17, 15) is 0 Å². The third-order valence-corrected chi connectivity index (χ3v) is 3.32. The van der Waals surface area contributed by atoms with Crippen LogP contribution >= 0.6 is 0 Å². The number of rotatable bonds is 7. The van der Waals surface area contributed by atoms with Gasteiger partial charge in [0.15, 0.2) is 0 Å². The van der Waals surface area contributed by atoms with E-state index in [-0.39, 0.29) is 0 Å². The van der Waals surface area contributed by atoms with E-state index >= 15 is 0 Å². The zero-order valence-corrected chi connectivity index (χ0v) is 13.4. The maximum atomic E-state index is 5.69.